The number of nitrogens with one attached hydrogen (secondary N) is 2. The summed E-state index contributed by atoms with van der Waals surface area (Å²) in [5.74, 6) is -0.0865. The number of nitrogens with zero attached hydrogens (tertiary/aromatic N) is 3. The second kappa shape index (κ2) is 9.01. The van der Waals surface area contributed by atoms with Crippen molar-refractivity contribution in [1.82, 2.24) is 25.3 Å². The van der Waals surface area contributed by atoms with E-state index in [-0.39, 0.29) is 24.2 Å². The minimum atomic E-state index is -0.661. The van der Waals surface area contributed by atoms with Gasteiger partial charge in [-0.3, -0.25) is 14.3 Å². The summed E-state index contributed by atoms with van der Waals surface area (Å²) in [7, 11) is 3.45. The molecule has 146 valence electrons. The molecule has 2 N–H and O–H groups in total. The summed E-state index contributed by atoms with van der Waals surface area (Å²) in [5.41, 5.74) is 0.854. The van der Waals surface area contributed by atoms with Crippen molar-refractivity contribution >= 4 is 24.2 Å². The standard InChI is InChI=1S/C19H25N5O2.ClH/c1-23(2)17(25)16-6-3-5-15(13-16)14-21-18(26)19(7-10-20-11-8-19)24-12-4-9-22-24;/h3-6,9,12-13,20H,7-8,10-11,14H2,1-2H3,(H,21,26);1H. The van der Waals surface area contributed by atoms with Gasteiger partial charge in [-0.05, 0) is 49.7 Å². The molecule has 2 aromatic rings. The fourth-order valence-electron chi connectivity index (χ4n) is 3.34. The lowest BCUT2D eigenvalue weighted by molar-refractivity contribution is -0.132. The van der Waals surface area contributed by atoms with Crippen LogP contribution in [0, 0.1) is 0 Å². The topological polar surface area (TPSA) is 79.3 Å². The largest absolute Gasteiger partial charge is 0.350 e. The minimum absolute atomic E-state index is 0. The first kappa shape index (κ1) is 20.9. The predicted octanol–water partition coefficient (Wildman–Crippen LogP) is 1.40. The molecule has 8 heteroatoms. The van der Waals surface area contributed by atoms with Crippen molar-refractivity contribution in [3.8, 4) is 0 Å². The Balaban J connectivity index is 0.00000261. The Labute approximate surface area is 165 Å². The van der Waals surface area contributed by atoms with Gasteiger partial charge in [-0.15, -0.1) is 12.4 Å². The molecule has 1 fully saturated rings. The van der Waals surface area contributed by atoms with E-state index in [9.17, 15) is 9.59 Å². The molecule has 1 aromatic carbocycles. The van der Waals surface area contributed by atoms with Crippen LogP contribution < -0.4 is 10.6 Å². The van der Waals surface area contributed by atoms with E-state index < -0.39 is 5.54 Å². The molecule has 0 atom stereocenters. The quantitative estimate of drug-likeness (QED) is 0.807. The van der Waals surface area contributed by atoms with Crippen molar-refractivity contribution in [2.75, 3.05) is 27.2 Å². The van der Waals surface area contributed by atoms with Crippen LogP contribution in [0.3, 0.4) is 0 Å². The molecule has 1 aliphatic heterocycles. The Bertz CT molecular complexity index is 770. The van der Waals surface area contributed by atoms with Gasteiger partial charge >= 0.3 is 0 Å². The lowest BCUT2D eigenvalue weighted by atomic mass is 9.87. The van der Waals surface area contributed by atoms with Gasteiger partial charge in [-0.1, -0.05) is 12.1 Å². The molecule has 0 radical (unpaired) electrons. The third kappa shape index (κ3) is 4.48. The van der Waals surface area contributed by atoms with Gasteiger partial charge in [0.05, 0.1) is 0 Å². The van der Waals surface area contributed by atoms with Crippen LogP contribution in [0.25, 0.3) is 0 Å². The first-order chi connectivity index (χ1) is 12.5. The molecule has 2 heterocycles. The number of piperidine rings is 1. The second-order valence-electron chi connectivity index (χ2n) is 6.81. The Morgan fingerprint density at radius 1 is 1.26 bits per heavy atom. The van der Waals surface area contributed by atoms with Crippen molar-refractivity contribution in [1.29, 1.82) is 0 Å². The van der Waals surface area contributed by atoms with Gasteiger partial charge in [0.15, 0.2) is 0 Å². The summed E-state index contributed by atoms with van der Waals surface area (Å²) in [5, 5.41) is 10.7. The van der Waals surface area contributed by atoms with Crippen molar-refractivity contribution < 1.29 is 9.59 Å². The van der Waals surface area contributed by atoms with Gasteiger partial charge in [0, 0.05) is 38.6 Å². The van der Waals surface area contributed by atoms with Crippen molar-refractivity contribution in [3.63, 3.8) is 0 Å². The first-order valence-corrected chi connectivity index (χ1v) is 8.83. The van der Waals surface area contributed by atoms with E-state index in [0.717, 1.165) is 18.7 Å². The van der Waals surface area contributed by atoms with Gasteiger partial charge in [0.2, 0.25) is 5.91 Å². The number of aromatic nitrogens is 2. The van der Waals surface area contributed by atoms with Gasteiger partial charge in [-0.2, -0.15) is 5.10 Å². The highest BCUT2D eigenvalue weighted by Crippen LogP contribution is 2.27. The molecule has 1 aliphatic rings. The third-order valence-corrected chi connectivity index (χ3v) is 4.83. The van der Waals surface area contributed by atoms with E-state index in [4.69, 9.17) is 0 Å². The van der Waals surface area contributed by atoms with Crippen molar-refractivity contribution in [3.05, 3.63) is 53.9 Å². The Hall–Kier alpha value is -2.38. The molecule has 0 spiro atoms. The van der Waals surface area contributed by atoms with Crippen LogP contribution in [-0.2, 0) is 16.9 Å². The number of carbonyl (C=O) groups excluding carboxylic acids is 2. The average Bonchev–Trinajstić information content (AvgIpc) is 3.21. The molecular formula is C19H26ClN5O2. The van der Waals surface area contributed by atoms with E-state index in [0.29, 0.717) is 24.9 Å². The van der Waals surface area contributed by atoms with Gasteiger partial charge < -0.3 is 15.5 Å². The van der Waals surface area contributed by atoms with E-state index in [1.54, 1.807) is 35.9 Å². The fraction of sp³-hybridized carbons (Fsp3) is 0.421. The van der Waals surface area contributed by atoms with E-state index in [1.165, 1.54) is 0 Å². The summed E-state index contributed by atoms with van der Waals surface area (Å²) < 4.78 is 1.77. The molecule has 7 nitrogen and oxygen atoms in total. The minimum Gasteiger partial charge on any atom is -0.350 e. The predicted molar refractivity (Wildman–Crippen MR) is 106 cm³/mol. The van der Waals surface area contributed by atoms with Crippen LogP contribution >= 0.6 is 12.4 Å². The van der Waals surface area contributed by atoms with Gasteiger partial charge in [0.1, 0.15) is 5.54 Å². The molecular weight excluding hydrogens is 366 g/mol. The van der Waals surface area contributed by atoms with Gasteiger partial charge in [-0.25, -0.2) is 0 Å². The third-order valence-electron chi connectivity index (χ3n) is 4.83. The molecule has 1 saturated heterocycles. The van der Waals surface area contributed by atoms with Crippen LogP contribution in [0.4, 0.5) is 0 Å². The maximum Gasteiger partial charge on any atom is 0.253 e. The SMILES string of the molecule is CN(C)C(=O)c1cccc(CNC(=O)C2(n3cccn3)CCNCC2)c1.Cl. The van der Waals surface area contributed by atoms with Gasteiger partial charge in [0.25, 0.3) is 5.91 Å². The molecule has 3 rings (SSSR count). The Morgan fingerprint density at radius 3 is 2.63 bits per heavy atom. The zero-order valence-electron chi connectivity index (χ0n) is 15.6. The smallest absolute Gasteiger partial charge is 0.253 e. The Kier molecular flexibility index (Phi) is 6.98. The maximum absolute atomic E-state index is 13.0. The van der Waals surface area contributed by atoms with Crippen molar-refractivity contribution in [2.24, 2.45) is 0 Å². The maximum atomic E-state index is 13.0. The molecule has 2 amide bonds. The van der Waals surface area contributed by atoms with Crippen LogP contribution in [0.1, 0.15) is 28.8 Å². The second-order valence-corrected chi connectivity index (χ2v) is 6.81. The fourth-order valence-corrected chi connectivity index (χ4v) is 3.34. The number of hydrogen-bond acceptors (Lipinski definition) is 4. The Morgan fingerprint density at radius 2 is 2.00 bits per heavy atom. The highest BCUT2D eigenvalue weighted by molar-refractivity contribution is 5.94. The summed E-state index contributed by atoms with van der Waals surface area (Å²) in [4.78, 5) is 26.7. The van der Waals surface area contributed by atoms with Crippen LogP contribution in [-0.4, -0.2) is 53.7 Å². The van der Waals surface area contributed by atoms with Crippen molar-refractivity contribution in [2.45, 2.75) is 24.9 Å². The number of amides is 2. The molecule has 0 aliphatic carbocycles. The highest BCUT2D eigenvalue weighted by atomic mass is 35.5. The normalized spacial score (nSPS) is 15.5. The molecule has 0 bridgehead atoms. The summed E-state index contributed by atoms with van der Waals surface area (Å²) >= 11 is 0. The van der Waals surface area contributed by atoms with Crippen LogP contribution in [0.15, 0.2) is 42.7 Å². The van der Waals surface area contributed by atoms with E-state index in [1.807, 2.05) is 30.5 Å². The number of rotatable bonds is 5. The highest BCUT2D eigenvalue weighted by Gasteiger charge is 2.41. The molecule has 0 unspecified atom stereocenters. The lowest BCUT2D eigenvalue weighted by Gasteiger charge is -2.36. The van der Waals surface area contributed by atoms with E-state index in [2.05, 4.69) is 15.7 Å². The lowest BCUT2D eigenvalue weighted by Crippen LogP contribution is -2.54. The van der Waals surface area contributed by atoms with Crippen LogP contribution in [0.5, 0.6) is 0 Å². The first-order valence-electron chi connectivity index (χ1n) is 8.83. The summed E-state index contributed by atoms with van der Waals surface area (Å²) in [6.45, 7) is 1.93. The average molecular weight is 392 g/mol. The number of benzene rings is 1. The summed E-state index contributed by atoms with van der Waals surface area (Å²) in [6, 6.07) is 9.20. The number of carbonyl (C=O) groups is 2. The number of hydrogen-bond donors (Lipinski definition) is 2. The molecule has 27 heavy (non-hydrogen) atoms. The van der Waals surface area contributed by atoms with Crippen LogP contribution in [0.2, 0.25) is 0 Å². The number of halogens is 1. The zero-order chi connectivity index (χ0) is 18.6. The molecule has 0 saturated carbocycles. The molecule has 1 aromatic heterocycles. The summed E-state index contributed by atoms with van der Waals surface area (Å²) in [6.07, 6.45) is 4.94. The zero-order valence-corrected chi connectivity index (χ0v) is 16.5. The van der Waals surface area contributed by atoms with E-state index >= 15 is 0 Å². The monoisotopic (exact) mass is 391 g/mol.